The largest absolute Gasteiger partial charge is 0.435 e. The Morgan fingerprint density at radius 3 is 2.41 bits per heavy atom. The topological polar surface area (TPSA) is 67.2 Å². The van der Waals surface area contributed by atoms with Crippen molar-refractivity contribution >= 4 is 23.3 Å². The fraction of sp³-hybridized carbons (Fsp3) is 0.500. The minimum absolute atomic E-state index is 0.275. The molecule has 0 atom stereocenters. The standard InChI is InChI=1S/C16H16ClF3N6O/c17-10-1-4-12(21-9-10)24-5-7-25(8-6-24)15(27)13-14(16(18,19)20)26(23-22-13)11-2-3-11/h1,4,9,11H,2-3,5-8H2. The van der Waals surface area contributed by atoms with Gasteiger partial charge in [-0.05, 0) is 25.0 Å². The van der Waals surface area contributed by atoms with Gasteiger partial charge in [0.25, 0.3) is 5.91 Å². The van der Waals surface area contributed by atoms with Crippen LogP contribution in [0.15, 0.2) is 18.3 Å². The highest BCUT2D eigenvalue weighted by atomic mass is 35.5. The van der Waals surface area contributed by atoms with E-state index in [1.54, 1.807) is 12.1 Å². The molecule has 0 unspecified atom stereocenters. The third-order valence-corrected chi connectivity index (χ3v) is 4.88. The number of nitrogens with zero attached hydrogens (tertiary/aromatic N) is 6. The van der Waals surface area contributed by atoms with Crippen LogP contribution in [0.25, 0.3) is 0 Å². The van der Waals surface area contributed by atoms with Gasteiger partial charge in [-0.3, -0.25) is 4.79 Å². The normalized spacial score (nSPS) is 18.1. The molecule has 0 bridgehead atoms. The summed E-state index contributed by atoms with van der Waals surface area (Å²) in [5.41, 5.74) is -1.66. The van der Waals surface area contributed by atoms with E-state index in [-0.39, 0.29) is 19.1 Å². The van der Waals surface area contributed by atoms with Crippen LogP contribution in [0.2, 0.25) is 5.02 Å². The third-order valence-electron chi connectivity index (χ3n) is 4.66. The van der Waals surface area contributed by atoms with E-state index in [2.05, 4.69) is 15.3 Å². The Kier molecular flexibility index (Phi) is 4.45. The van der Waals surface area contributed by atoms with Crippen molar-refractivity contribution in [2.75, 3.05) is 31.1 Å². The molecule has 27 heavy (non-hydrogen) atoms. The molecular weight excluding hydrogens is 385 g/mol. The Bertz CT molecular complexity index is 841. The van der Waals surface area contributed by atoms with Gasteiger partial charge in [0, 0.05) is 32.4 Å². The van der Waals surface area contributed by atoms with Crippen molar-refractivity contribution in [1.82, 2.24) is 24.9 Å². The van der Waals surface area contributed by atoms with Crippen LogP contribution in [0.3, 0.4) is 0 Å². The van der Waals surface area contributed by atoms with Gasteiger partial charge in [0.2, 0.25) is 0 Å². The summed E-state index contributed by atoms with van der Waals surface area (Å²) in [5.74, 6) is -0.0277. The molecule has 0 N–H and O–H groups in total. The van der Waals surface area contributed by atoms with Gasteiger partial charge in [0.1, 0.15) is 5.82 Å². The highest BCUT2D eigenvalue weighted by Gasteiger charge is 2.45. The molecule has 1 saturated heterocycles. The fourth-order valence-corrected chi connectivity index (χ4v) is 3.23. The summed E-state index contributed by atoms with van der Waals surface area (Å²) in [5, 5.41) is 7.68. The first kappa shape index (κ1) is 18.0. The number of piperazine rings is 1. The lowest BCUT2D eigenvalue weighted by Crippen LogP contribution is -2.49. The van der Waals surface area contributed by atoms with Crippen molar-refractivity contribution in [1.29, 1.82) is 0 Å². The van der Waals surface area contributed by atoms with E-state index in [0.29, 0.717) is 36.8 Å². The quantitative estimate of drug-likeness (QED) is 0.792. The van der Waals surface area contributed by atoms with Crippen molar-refractivity contribution in [2.24, 2.45) is 0 Å². The molecule has 2 aromatic rings. The molecule has 0 spiro atoms. The summed E-state index contributed by atoms with van der Waals surface area (Å²) in [6.45, 7) is 1.46. The minimum atomic E-state index is -4.67. The van der Waals surface area contributed by atoms with Crippen molar-refractivity contribution in [3.8, 4) is 0 Å². The van der Waals surface area contributed by atoms with E-state index >= 15 is 0 Å². The predicted octanol–water partition coefficient (Wildman–Crippen LogP) is 2.64. The van der Waals surface area contributed by atoms with E-state index < -0.39 is 23.5 Å². The Morgan fingerprint density at radius 1 is 1.15 bits per heavy atom. The van der Waals surface area contributed by atoms with E-state index in [1.165, 1.54) is 11.1 Å². The SMILES string of the molecule is O=C(c1nnn(C2CC2)c1C(F)(F)F)N1CCN(c2ccc(Cl)cn2)CC1. The molecule has 2 aliphatic rings. The van der Waals surface area contributed by atoms with Crippen LogP contribution < -0.4 is 4.90 Å². The zero-order valence-corrected chi connectivity index (χ0v) is 14.9. The lowest BCUT2D eigenvalue weighted by molar-refractivity contribution is -0.144. The monoisotopic (exact) mass is 400 g/mol. The summed E-state index contributed by atoms with van der Waals surface area (Å²) in [6, 6.07) is 3.17. The molecule has 1 aliphatic heterocycles. The summed E-state index contributed by atoms with van der Waals surface area (Å²) < 4.78 is 41.3. The van der Waals surface area contributed by atoms with E-state index in [4.69, 9.17) is 11.6 Å². The smallest absolute Gasteiger partial charge is 0.353 e. The van der Waals surface area contributed by atoms with E-state index in [0.717, 1.165) is 4.68 Å². The number of amides is 1. The zero-order valence-electron chi connectivity index (χ0n) is 14.2. The number of rotatable bonds is 3. The van der Waals surface area contributed by atoms with Gasteiger partial charge < -0.3 is 9.80 Å². The van der Waals surface area contributed by atoms with Crippen molar-refractivity contribution in [2.45, 2.75) is 25.1 Å². The van der Waals surface area contributed by atoms with Gasteiger partial charge >= 0.3 is 6.18 Å². The fourth-order valence-electron chi connectivity index (χ4n) is 3.12. The highest BCUT2D eigenvalue weighted by molar-refractivity contribution is 6.30. The van der Waals surface area contributed by atoms with Crippen LogP contribution in [0.5, 0.6) is 0 Å². The number of anilines is 1. The second-order valence-electron chi connectivity index (χ2n) is 6.57. The number of pyridine rings is 1. The van der Waals surface area contributed by atoms with Crippen LogP contribution in [0, 0.1) is 0 Å². The minimum Gasteiger partial charge on any atom is -0.353 e. The van der Waals surface area contributed by atoms with Crippen LogP contribution >= 0.6 is 11.6 Å². The molecule has 2 fully saturated rings. The summed E-state index contributed by atoms with van der Waals surface area (Å²) in [4.78, 5) is 20.2. The Balaban J connectivity index is 1.49. The molecule has 7 nitrogen and oxygen atoms in total. The van der Waals surface area contributed by atoms with Gasteiger partial charge in [-0.15, -0.1) is 5.10 Å². The molecule has 2 aromatic heterocycles. The molecule has 1 saturated carbocycles. The molecule has 11 heteroatoms. The van der Waals surface area contributed by atoms with E-state index in [1.807, 2.05) is 4.90 Å². The molecule has 4 rings (SSSR count). The molecule has 1 amide bonds. The number of carbonyl (C=O) groups excluding carboxylic acids is 1. The first-order valence-corrected chi connectivity index (χ1v) is 8.90. The average Bonchev–Trinajstić information content (AvgIpc) is 3.39. The average molecular weight is 401 g/mol. The second-order valence-corrected chi connectivity index (χ2v) is 7.01. The molecule has 3 heterocycles. The van der Waals surface area contributed by atoms with Gasteiger partial charge in [-0.25, -0.2) is 9.67 Å². The number of alkyl halides is 3. The lowest BCUT2D eigenvalue weighted by atomic mass is 10.2. The van der Waals surface area contributed by atoms with E-state index in [9.17, 15) is 18.0 Å². The summed E-state index contributed by atoms with van der Waals surface area (Å²) in [6.07, 6.45) is -1.91. The van der Waals surface area contributed by atoms with Crippen molar-refractivity contribution in [3.05, 3.63) is 34.7 Å². The Labute approximate surface area is 157 Å². The molecule has 144 valence electrons. The number of carbonyl (C=O) groups is 1. The zero-order chi connectivity index (χ0) is 19.2. The van der Waals surface area contributed by atoms with Crippen LogP contribution in [0.4, 0.5) is 19.0 Å². The number of aromatic nitrogens is 4. The van der Waals surface area contributed by atoms with Gasteiger partial charge in [-0.2, -0.15) is 13.2 Å². The molecular formula is C16H16ClF3N6O. The van der Waals surface area contributed by atoms with Gasteiger partial charge in [-0.1, -0.05) is 16.8 Å². The van der Waals surface area contributed by atoms with Crippen LogP contribution in [-0.4, -0.2) is 57.0 Å². The molecule has 1 aliphatic carbocycles. The third kappa shape index (κ3) is 3.58. The first-order chi connectivity index (χ1) is 12.8. The Morgan fingerprint density at radius 2 is 1.85 bits per heavy atom. The maximum absolute atomic E-state index is 13.5. The number of hydrogen-bond acceptors (Lipinski definition) is 5. The Hall–Kier alpha value is -2.36. The maximum Gasteiger partial charge on any atom is 0.435 e. The first-order valence-electron chi connectivity index (χ1n) is 8.53. The van der Waals surface area contributed by atoms with Crippen LogP contribution in [-0.2, 0) is 6.18 Å². The van der Waals surface area contributed by atoms with Crippen LogP contribution in [0.1, 0.15) is 35.1 Å². The van der Waals surface area contributed by atoms with Crippen molar-refractivity contribution < 1.29 is 18.0 Å². The van der Waals surface area contributed by atoms with Crippen molar-refractivity contribution in [3.63, 3.8) is 0 Å². The summed E-state index contributed by atoms with van der Waals surface area (Å²) >= 11 is 5.82. The van der Waals surface area contributed by atoms with Gasteiger partial charge in [0.05, 0.1) is 11.1 Å². The lowest BCUT2D eigenvalue weighted by Gasteiger charge is -2.35. The second kappa shape index (κ2) is 6.66. The number of hydrogen-bond donors (Lipinski definition) is 0. The molecule has 0 aromatic carbocycles. The molecule has 0 radical (unpaired) electrons. The number of halogens is 4. The predicted molar refractivity (Wildman–Crippen MR) is 90.7 cm³/mol. The summed E-state index contributed by atoms with van der Waals surface area (Å²) in [7, 11) is 0. The maximum atomic E-state index is 13.5. The highest BCUT2D eigenvalue weighted by Crippen LogP contribution is 2.40. The van der Waals surface area contributed by atoms with Gasteiger partial charge in [0.15, 0.2) is 11.4 Å².